The SMILES string of the molecule is CCCCCC(=O)N1c2ccccc2NC2=C(C(=O)C[C@@H](c3ccccc3)C2)[C@@H]1c1ccc(C)cc1. The van der Waals surface area contributed by atoms with Gasteiger partial charge in [-0.1, -0.05) is 92.1 Å². The number of nitrogens with zero attached hydrogens (tertiary/aromatic N) is 1. The number of hydrogen-bond donors (Lipinski definition) is 1. The maximum atomic E-state index is 14.0. The predicted octanol–water partition coefficient (Wildman–Crippen LogP) is 7.48. The number of ketones is 1. The first-order chi connectivity index (χ1) is 17.6. The van der Waals surface area contributed by atoms with Gasteiger partial charge in [-0.2, -0.15) is 0 Å². The van der Waals surface area contributed by atoms with Crippen LogP contribution in [0, 0.1) is 6.92 Å². The molecule has 2 atom stereocenters. The molecule has 1 heterocycles. The topological polar surface area (TPSA) is 49.4 Å². The Balaban J connectivity index is 1.66. The third-order valence-corrected chi connectivity index (χ3v) is 7.42. The number of Topliss-reactive ketones (excluding diaryl/α,β-unsaturated/α-hetero) is 1. The monoisotopic (exact) mass is 478 g/mol. The molecule has 3 aromatic carbocycles. The number of amides is 1. The molecule has 1 amide bonds. The standard InChI is InChI=1S/C32H34N2O2/c1-3-4-6-15-30(36)34-28-14-10-9-13-26(28)33-27-20-25(23-11-7-5-8-12-23)21-29(35)31(27)32(34)24-18-16-22(2)17-19-24/h5,7-14,16-19,25,32-33H,3-4,6,15,20-21H2,1-2H3/t25-,32-/m0/s1. The molecule has 0 fully saturated rings. The molecular formula is C32H34N2O2. The Morgan fingerprint density at radius 1 is 0.889 bits per heavy atom. The average molecular weight is 479 g/mol. The van der Waals surface area contributed by atoms with E-state index in [-0.39, 0.29) is 17.6 Å². The van der Waals surface area contributed by atoms with Crippen LogP contribution in [-0.4, -0.2) is 11.7 Å². The molecule has 0 saturated heterocycles. The Labute approximate surface area is 214 Å². The molecule has 1 aliphatic heterocycles. The highest BCUT2D eigenvalue weighted by molar-refractivity contribution is 6.06. The van der Waals surface area contributed by atoms with E-state index in [1.807, 2.05) is 47.4 Å². The van der Waals surface area contributed by atoms with Crippen molar-refractivity contribution in [2.45, 2.75) is 64.3 Å². The fourth-order valence-electron chi connectivity index (χ4n) is 5.54. The van der Waals surface area contributed by atoms with E-state index in [4.69, 9.17) is 0 Å². The molecule has 1 N–H and O–H groups in total. The zero-order valence-corrected chi connectivity index (χ0v) is 21.2. The summed E-state index contributed by atoms with van der Waals surface area (Å²) in [4.78, 5) is 29.7. The second kappa shape index (κ2) is 10.5. The van der Waals surface area contributed by atoms with Crippen molar-refractivity contribution in [3.63, 3.8) is 0 Å². The summed E-state index contributed by atoms with van der Waals surface area (Å²) in [6, 6.07) is 26.1. The molecule has 0 spiro atoms. The molecule has 1 aliphatic carbocycles. The number of unbranched alkanes of at least 4 members (excludes halogenated alkanes) is 2. The Kier molecular flexibility index (Phi) is 7.04. The lowest BCUT2D eigenvalue weighted by atomic mass is 9.78. The van der Waals surface area contributed by atoms with Crippen molar-refractivity contribution in [2.75, 3.05) is 10.2 Å². The minimum Gasteiger partial charge on any atom is -0.357 e. The zero-order valence-electron chi connectivity index (χ0n) is 21.2. The van der Waals surface area contributed by atoms with Gasteiger partial charge in [0.15, 0.2) is 5.78 Å². The summed E-state index contributed by atoms with van der Waals surface area (Å²) < 4.78 is 0. The third kappa shape index (κ3) is 4.73. The van der Waals surface area contributed by atoms with Crippen LogP contribution in [-0.2, 0) is 9.59 Å². The maximum absolute atomic E-state index is 14.0. The van der Waals surface area contributed by atoms with Crippen molar-refractivity contribution in [2.24, 2.45) is 0 Å². The molecule has 0 radical (unpaired) electrons. The molecule has 0 aromatic heterocycles. The van der Waals surface area contributed by atoms with E-state index in [0.717, 1.165) is 59.5 Å². The zero-order chi connectivity index (χ0) is 25.1. The first-order valence-electron chi connectivity index (χ1n) is 13.1. The van der Waals surface area contributed by atoms with Gasteiger partial charge in [0, 0.05) is 24.1 Å². The van der Waals surface area contributed by atoms with Gasteiger partial charge in [-0.3, -0.25) is 14.5 Å². The van der Waals surface area contributed by atoms with Gasteiger partial charge in [0.2, 0.25) is 5.91 Å². The lowest BCUT2D eigenvalue weighted by molar-refractivity contribution is -0.119. The van der Waals surface area contributed by atoms with Crippen LogP contribution in [0.4, 0.5) is 11.4 Å². The van der Waals surface area contributed by atoms with Crippen molar-refractivity contribution >= 4 is 23.1 Å². The Hall–Kier alpha value is -3.66. The Bertz CT molecular complexity index is 1280. The number of anilines is 2. The Morgan fingerprint density at radius 3 is 2.36 bits per heavy atom. The van der Waals surface area contributed by atoms with Crippen molar-refractivity contribution < 1.29 is 9.59 Å². The van der Waals surface area contributed by atoms with E-state index in [1.54, 1.807) is 0 Å². The molecule has 0 saturated carbocycles. The third-order valence-electron chi connectivity index (χ3n) is 7.42. The van der Waals surface area contributed by atoms with Gasteiger partial charge in [-0.25, -0.2) is 0 Å². The van der Waals surface area contributed by atoms with Crippen LogP contribution in [0.2, 0.25) is 0 Å². The van der Waals surface area contributed by atoms with Crippen LogP contribution >= 0.6 is 0 Å². The molecule has 4 nitrogen and oxygen atoms in total. The van der Waals surface area contributed by atoms with E-state index in [2.05, 4.69) is 55.6 Å². The summed E-state index contributed by atoms with van der Waals surface area (Å²) in [5, 5.41) is 3.62. The number of hydrogen-bond acceptors (Lipinski definition) is 3. The fourth-order valence-corrected chi connectivity index (χ4v) is 5.54. The van der Waals surface area contributed by atoms with Crippen molar-refractivity contribution in [3.05, 3.63) is 107 Å². The lowest BCUT2D eigenvalue weighted by Gasteiger charge is -2.35. The highest BCUT2D eigenvalue weighted by Crippen LogP contribution is 2.47. The molecule has 3 aromatic rings. The Morgan fingerprint density at radius 2 is 1.61 bits per heavy atom. The number of allylic oxidation sites excluding steroid dienone is 1. The van der Waals surface area contributed by atoms with Gasteiger partial charge in [-0.15, -0.1) is 0 Å². The molecule has 184 valence electrons. The van der Waals surface area contributed by atoms with Gasteiger partial charge in [0.1, 0.15) is 0 Å². The van der Waals surface area contributed by atoms with Crippen LogP contribution < -0.4 is 10.2 Å². The minimum atomic E-state index is -0.449. The number of fused-ring (bicyclic) bond motifs is 1. The summed E-state index contributed by atoms with van der Waals surface area (Å²) in [5.41, 5.74) is 6.68. The normalized spacial score (nSPS) is 19.3. The molecule has 5 rings (SSSR count). The second-order valence-corrected chi connectivity index (χ2v) is 10.0. The van der Waals surface area contributed by atoms with Gasteiger partial charge in [0.25, 0.3) is 0 Å². The van der Waals surface area contributed by atoms with Crippen molar-refractivity contribution in [1.29, 1.82) is 0 Å². The van der Waals surface area contributed by atoms with Crippen molar-refractivity contribution in [1.82, 2.24) is 0 Å². The van der Waals surface area contributed by atoms with Crippen LogP contribution in [0.5, 0.6) is 0 Å². The van der Waals surface area contributed by atoms with Crippen molar-refractivity contribution in [3.8, 4) is 0 Å². The maximum Gasteiger partial charge on any atom is 0.227 e. The van der Waals surface area contributed by atoms with Gasteiger partial charge < -0.3 is 5.32 Å². The highest BCUT2D eigenvalue weighted by atomic mass is 16.2. The molecule has 2 aliphatic rings. The minimum absolute atomic E-state index is 0.0648. The molecule has 0 bridgehead atoms. The van der Waals surface area contributed by atoms with E-state index in [0.29, 0.717) is 12.8 Å². The van der Waals surface area contributed by atoms with E-state index >= 15 is 0 Å². The van der Waals surface area contributed by atoms with Crippen LogP contribution in [0.3, 0.4) is 0 Å². The summed E-state index contributed by atoms with van der Waals surface area (Å²) in [7, 11) is 0. The van der Waals surface area contributed by atoms with Crippen LogP contribution in [0.1, 0.15) is 74.1 Å². The summed E-state index contributed by atoms with van der Waals surface area (Å²) in [6.45, 7) is 4.20. The van der Waals surface area contributed by atoms with Gasteiger partial charge in [0.05, 0.1) is 17.4 Å². The highest BCUT2D eigenvalue weighted by Gasteiger charge is 2.41. The van der Waals surface area contributed by atoms with Crippen LogP contribution in [0.15, 0.2) is 90.1 Å². The molecular weight excluding hydrogens is 444 g/mol. The number of para-hydroxylation sites is 2. The molecule has 4 heteroatoms. The number of benzene rings is 3. The van der Waals surface area contributed by atoms with Gasteiger partial charge in [-0.05, 0) is 48.9 Å². The van der Waals surface area contributed by atoms with E-state index in [9.17, 15) is 9.59 Å². The molecule has 36 heavy (non-hydrogen) atoms. The number of rotatable bonds is 6. The summed E-state index contributed by atoms with van der Waals surface area (Å²) in [6.07, 6.45) is 4.56. The number of aryl methyl sites for hydroxylation is 1. The average Bonchev–Trinajstić information content (AvgIpc) is 3.04. The summed E-state index contributed by atoms with van der Waals surface area (Å²) >= 11 is 0. The molecule has 0 unspecified atom stereocenters. The number of carbonyl (C=O) groups is 2. The smallest absolute Gasteiger partial charge is 0.227 e. The van der Waals surface area contributed by atoms with Gasteiger partial charge >= 0.3 is 0 Å². The van der Waals surface area contributed by atoms with E-state index in [1.165, 1.54) is 5.56 Å². The first kappa shape index (κ1) is 24.1. The quantitative estimate of drug-likeness (QED) is 0.374. The van der Waals surface area contributed by atoms with E-state index < -0.39 is 6.04 Å². The lowest BCUT2D eigenvalue weighted by Crippen LogP contribution is -2.38. The second-order valence-electron chi connectivity index (χ2n) is 10.0. The first-order valence-corrected chi connectivity index (χ1v) is 13.1. The predicted molar refractivity (Wildman–Crippen MR) is 146 cm³/mol. The fraction of sp³-hybridized carbons (Fsp3) is 0.312. The number of nitrogens with one attached hydrogen (secondary N) is 1. The number of carbonyl (C=O) groups excluding carboxylic acids is 2. The largest absolute Gasteiger partial charge is 0.357 e. The summed E-state index contributed by atoms with van der Waals surface area (Å²) in [5.74, 6) is 0.292. The van der Waals surface area contributed by atoms with Crippen LogP contribution in [0.25, 0.3) is 0 Å².